The van der Waals surface area contributed by atoms with Gasteiger partial charge in [-0.1, -0.05) is 11.6 Å². The number of carbonyl (C=O) groups is 1. The molecule has 0 unspecified atom stereocenters. The van der Waals surface area contributed by atoms with Crippen LogP contribution in [0.2, 0.25) is 5.02 Å². The van der Waals surface area contributed by atoms with E-state index in [1.165, 1.54) is 7.11 Å². The molecule has 3 N–H and O–H groups in total. The van der Waals surface area contributed by atoms with Crippen LogP contribution in [0.25, 0.3) is 11.0 Å². The molecule has 1 amide bonds. The van der Waals surface area contributed by atoms with Crippen LogP contribution in [0.3, 0.4) is 0 Å². The van der Waals surface area contributed by atoms with E-state index in [4.69, 9.17) is 20.8 Å². The van der Waals surface area contributed by atoms with Gasteiger partial charge in [-0.25, -0.2) is 0 Å². The molecule has 0 radical (unpaired) electrons. The van der Waals surface area contributed by atoms with Crippen LogP contribution in [0.15, 0.2) is 22.6 Å². The smallest absolute Gasteiger partial charge is 0.287 e. The summed E-state index contributed by atoms with van der Waals surface area (Å²) >= 11 is 6.00. The molecule has 1 aromatic carbocycles. The van der Waals surface area contributed by atoms with E-state index in [1.54, 1.807) is 18.2 Å². The van der Waals surface area contributed by atoms with Gasteiger partial charge in [0.05, 0.1) is 19.3 Å². The van der Waals surface area contributed by atoms with Gasteiger partial charge in [0.25, 0.3) is 5.91 Å². The number of rotatable bonds is 3. The fourth-order valence-corrected chi connectivity index (χ4v) is 3.12. The maximum absolute atomic E-state index is 12.3. The first-order valence-electron chi connectivity index (χ1n) is 7.43. The number of fused-ring (bicyclic) bond motifs is 1. The van der Waals surface area contributed by atoms with Crippen molar-refractivity contribution in [3.05, 3.63) is 29.0 Å². The van der Waals surface area contributed by atoms with Crippen molar-refractivity contribution >= 4 is 28.5 Å². The van der Waals surface area contributed by atoms with Gasteiger partial charge in [0, 0.05) is 16.5 Å². The Morgan fingerprint density at radius 2 is 2.13 bits per heavy atom. The Bertz CT molecular complexity index is 729. The zero-order valence-electron chi connectivity index (χ0n) is 12.6. The van der Waals surface area contributed by atoms with Gasteiger partial charge in [0.15, 0.2) is 17.1 Å². The van der Waals surface area contributed by atoms with Crippen LogP contribution in [0.4, 0.5) is 0 Å². The summed E-state index contributed by atoms with van der Waals surface area (Å²) in [7, 11) is 1.49. The molecule has 0 spiro atoms. The molecule has 1 saturated carbocycles. The second-order valence-corrected chi connectivity index (χ2v) is 6.14. The predicted molar refractivity (Wildman–Crippen MR) is 84.9 cm³/mol. The average Bonchev–Trinajstić information content (AvgIpc) is 2.94. The van der Waals surface area contributed by atoms with Crippen molar-refractivity contribution in [2.75, 3.05) is 7.11 Å². The Labute approximate surface area is 138 Å². The monoisotopic (exact) mass is 339 g/mol. The predicted octanol–water partition coefficient (Wildman–Crippen LogP) is 2.10. The lowest BCUT2D eigenvalue weighted by molar-refractivity contribution is -0.0279. The molecule has 0 bridgehead atoms. The molecule has 0 saturated heterocycles. The van der Waals surface area contributed by atoms with Crippen LogP contribution in [0.1, 0.15) is 29.8 Å². The number of furan rings is 1. The van der Waals surface area contributed by atoms with Crippen molar-refractivity contribution in [1.82, 2.24) is 5.32 Å². The first-order chi connectivity index (χ1) is 11.0. The number of amides is 1. The van der Waals surface area contributed by atoms with Gasteiger partial charge >= 0.3 is 0 Å². The molecule has 1 aromatic heterocycles. The average molecular weight is 340 g/mol. The number of methoxy groups -OCH3 is 1. The van der Waals surface area contributed by atoms with E-state index in [2.05, 4.69) is 5.32 Å². The van der Waals surface area contributed by atoms with Crippen molar-refractivity contribution < 1.29 is 24.2 Å². The normalized spacial score (nSPS) is 24.6. The number of nitrogens with one attached hydrogen (secondary N) is 1. The molecule has 1 aliphatic carbocycles. The number of aliphatic hydroxyl groups is 2. The van der Waals surface area contributed by atoms with Gasteiger partial charge in [0.2, 0.25) is 0 Å². The zero-order valence-corrected chi connectivity index (χ0v) is 13.3. The fourth-order valence-electron chi connectivity index (χ4n) is 2.90. The number of halogens is 1. The third kappa shape index (κ3) is 3.15. The third-order valence-corrected chi connectivity index (χ3v) is 4.35. The summed E-state index contributed by atoms with van der Waals surface area (Å²) in [5.74, 6) is 0.102. The maximum atomic E-state index is 12.3. The molecule has 0 aliphatic heterocycles. The van der Waals surface area contributed by atoms with Crippen molar-refractivity contribution in [1.29, 1.82) is 0 Å². The van der Waals surface area contributed by atoms with Crippen molar-refractivity contribution in [2.45, 2.75) is 37.5 Å². The number of ether oxygens (including phenoxy) is 1. The standard InChI is InChI=1S/C16H18ClNO5/c1-22-12-7-9(17)5-8-6-13(23-15(8)12)16(21)18-10-3-2-4-11(19)14(10)20/h5-7,10-11,14,19-20H,2-4H2,1H3,(H,18,21)/t10-,11-,14-/m1/s1. The van der Waals surface area contributed by atoms with Crippen LogP contribution < -0.4 is 10.1 Å². The molecular formula is C16H18ClNO5. The minimum Gasteiger partial charge on any atom is -0.493 e. The molecule has 1 fully saturated rings. The molecule has 3 atom stereocenters. The van der Waals surface area contributed by atoms with Crippen LogP contribution >= 0.6 is 11.6 Å². The van der Waals surface area contributed by atoms with E-state index in [-0.39, 0.29) is 5.76 Å². The molecule has 7 heteroatoms. The number of hydrogen-bond donors (Lipinski definition) is 3. The fraction of sp³-hybridized carbons (Fsp3) is 0.438. The van der Waals surface area contributed by atoms with Crippen molar-refractivity contribution in [3.63, 3.8) is 0 Å². The number of aliphatic hydroxyl groups excluding tert-OH is 2. The molecular weight excluding hydrogens is 322 g/mol. The highest BCUT2D eigenvalue weighted by molar-refractivity contribution is 6.31. The first-order valence-corrected chi connectivity index (χ1v) is 7.81. The lowest BCUT2D eigenvalue weighted by Crippen LogP contribution is -2.50. The molecule has 23 heavy (non-hydrogen) atoms. The Kier molecular flexibility index (Phi) is 4.48. The highest BCUT2D eigenvalue weighted by Gasteiger charge is 2.32. The van der Waals surface area contributed by atoms with Crippen LogP contribution in [-0.4, -0.2) is 41.5 Å². The summed E-state index contributed by atoms with van der Waals surface area (Å²) in [6.07, 6.45) is 0.102. The largest absolute Gasteiger partial charge is 0.493 e. The Hall–Kier alpha value is -1.76. The molecule has 2 aromatic rings. The van der Waals surface area contributed by atoms with E-state index < -0.39 is 24.2 Å². The third-order valence-electron chi connectivity index (χ3n) is 4.13. The second kappa shape index (κ2) is 6.39. The molecule has 124 valence electrons. The van der Waals surface area contributed by atoms with E-state index in [0.717, 1.165) is 6.42 Å². The molecule has 1 aliphatic rings. The molecule has 6 nitrogen and oxygen atoms in total. The van der Waals surface area contributed by atoms with E-state index >= 15 is 0 Å². The Morgan fingerprint density at radius 3 is 2.87 bits per heavy atom. The summed E-state index contributed by atoms with van der Waals surface area (Å²) in [6.45, 7) is 0. The SMILES string of the molecule is COc1cc(Cl)cc2cc(C(=O)N[C@@H]3CCC[C@@H](O)[C@@H]3O)oc12. The number of benzene rings is 1. The first kappa shape index (κ1) is 16.1. The molecule has 1 heterocycles. The van der Waals surface area contributed by atoms with E-state index in [1.807, 2.05) is 0 Å². The summed E-state index contributed by atoms with van der Waals surface area (Å²) < 4.78 is 10.8. The summed E-state index contributed by atoms with van der Waals surface area (Å²) in [4.78, 5) is 12.3. The van der Waals surface area contributed by atoms with Crippen LogP contribution in [0.5, 0.6) is 5.75 Å². The topological polar surface area (TPSA) is 91.9 Å². The van der Waals surface area contributed by atoms with E-state index in [0.29, 0.717) is 34.6 Å². The maximum Gasteiger partial charge on any atom is 0.287 e. The highest BCUT2D eigenvalue weighted by Crippen LogP contribution is 2.32. The van der Waals surface area contributed by atoms with Gasteiger partial charge in [0.1, 0.15) is 6.10 Å². The minimum atomic E-state index is -0.971. The zero-order chi connectivity index (χ0) is 16.6. The lowest BCUT2D eigenvalue weighted by atomic mass is 9.90. The van der Waals surface area contributed by atoms with Gasteiger partial charge in [-0.3, -0.25) is 4.79 Å². The van der Waals surface area contributed by atoms with Gasteiger partial charge in [-0.15, -0.1) is 0 Å². The van der Waals surface area contributed by atoms with Crippen molar-refractivity contribution in [2.24, 2.45) is 0 Å². The highest BCUT2D eigenvalue weighted by atomic mass is 35.5. The summed E-state index contributed by atoms with van der Waals surface area (Å²) in [5, 5.41) is 23.5. The minimum absolute atomic E-state index is 0.104. The Balaban J connectivity index is 1.84. The summed E-state index contributed by atoms with van der Waals surface area (Å²) in [5.41, 5.74) is 0.436. The second-order valence-electron chi connectivity index (χ2n) is 5.71. The van der Waals surface area contributed by atoms with Crippen molar-refractivity contribution in [3.8, 4) is 5.75 Å². The lowest BCUT2D eigenvalue weighted by Gasteiger charge is -2.31. The quantitative estimate of drug-likeness (QED) is 0.796. The summed E-state index contributed by atoms with van der Waals surface area (Å²) in [6, 6.07) is 4.37. The number of carbonyl (C=O) groups excluding carboxylic acids is 1. The molecule has 3 rings (SSSR count). The van der Waals surface area contributed by atoms with E-state index in [9.17, 15) is 15.0 Å². The number of hydrogen-bond acceptors (Lipinski definition) is 5. The van der Waals surface area contributed by atoms with Gasteiger partial charge in [-0.05, 0) is 31.4 Å². The Morgan fingerprint density at radius 1 is 1.35 bits per heavy atom. The van der Waals surface area contributed by atoms with Crippen LogP contribution in [-0.2, 0) is 0 Å². The van der Waals surface area contributed by atoms with Crippen LogP contribution in [0, 0.1) is 0 Å². The van der Waals surface area contributed by atoms with Gasteiger partial charge in [-0.2, -0.15) is 0 Å². The van der Waals surface area contributed by atoms with Gasteiger partial charge < -0.3 is 24.7 Å².